The summed E-state index contributed by atoms with van der Waals surface area (Å²) < 4.78 is 7.36. The van der Waals surface area contributed by atoms with Gasteiger partial charge < -0.3 is 9.84 Å². The average Bonchev–Trinajstić information content (AvgIpc) is 3.44. The highest BCUT2D eigenvalue weighted by atomic mass is 16.5. The third-order valence-corrected chi connectivity index (χ3v) is 5.48. The number of carbonyl (C=O) groups is 1. The molecular formula is C26H23N5O2. The van der Waals surface area contributed by atoms with Crippen LogP contribution < -0.4 is 5.32 Å². The molecule has 0 bridgehead atoms. The maximum Gasteiger partial charge on any atom is 0.278 e. The number of aromatic nitrogens is 4. The minimum Gasteiger partial charge on any atom is -0.355 e. The first-order valence-electron chi connectivity index (χ1n) is 10.9. The topological polar surface area (TPSA) is 85.8 Å². The Morgan fingerprint density at radius 1 is 1.03 bits per heavy atom. The summed E-state index contributed by atoms with van der Waals surface area (Å²) >= 11 is 0. The molecule has 0 atom stereocenters. The highest BCUT2D eigenvalue weighted by Gasteiger charge is 2.21. The van der Waals surface area contributed by atoms with Gasteiger partial charge in [0.1, 0.15) is 5.52 Å². The van der Waals surface area contributed by atoms with Gasteiger partial charge in [-0.1, -0.05) is 66.2 Å². The minimum absolute atomic E-state index is 0.272. The molecule has 2 aromatic heterocycles. The van der Waals surface area contributed by atoms with Crippen LogP contribution in [0.25, 0.3) is 27.9 Å². The lowest BCUT2D eigenvalue weighted by Crippen LogP contribution is -2.15. The number of anilines is 1. The molecule has 0 aliphatic carbocycles. The third kappa shape index (κ3) is 4.01. The Balaban J connectivity index is 1.54. The number of nitrogens with one attached hydrogen (secondary N) is 1. The Hall–Kier alpha value is -4.26. The molecule has 0 spiro atoms. The van der Waals surface area contributed by atoms with Gasteiger partial charge in [0.2, 0.25) is 0 Å². The van der Waals surface area contributed by atoms with Crippen LogP contribution in [0.3, 0.4) is 0 Å². The zero-order valence-corrected chi connectivity index (χ0v) is 18.4. The maximum atomic E-state index is 13.0. The number of aryl methyl sites for hydroxylation is 1. The Bertz CT molecular complexity index is 1440. The lowest BCUT2D eigenvalue weighted by Gasteiger charge is -2.08. The van der Waals surface area contributed by atoms with Crippen molar-refractivity contribution in [3.63, 3.8) is 0 Å². The molecule has 5 aromatic rings. The van der Waals surface area contributed by atoms with Crippen molar-refractivity contribution in [1.82, 2.24) is 20.2 Å². The van der Waals surface area contributed by atoms with Crippen molar-refractivity contribution in [3.05, 3.63) is 89.7 Å². The molecule has 1 N–H and O–H groups in total. The molecule has 3 aromatic carbocycles. The van der Waals surface area contributed by atoms with Crippen LogP contribution in [0.4, 0.5) is 5.69 Å². The van der Waals surface area contributed by atoms with E-state index in [0.29, 0.717) is 17.9 Å². The standard InChI is InChI=1S/C26H23N5O2/c1-3-8-23-24(26(32)27-19-12-7-9-17(2)15-19)28-30-31(23)20-13-14-22-21(16-20)25(33-29-22)18-10-5-4-6-11-18/h4-7,9-16H,3,8H2,1-2H3,(H,27,32). The van der Waals surface area contributed by atoms with E-state index in [9.17, 15) is 4.79 Å². The number of rotatable bonds is 6. The van der Waals surface area contributed by atoms with Crippen molar-refractivity contribution >= 4 is 22.5 Å². The summed E-state index contributed by atoms with van der Waals surface area (Å²) in [6, 6.07) is 23.3. The van der Waals surface area contributed by atoms with E-state index >= 15 is 0 Å². The van der Waals surface area contributed by atoms with Crippen LogP contribution in [0, 0.1) is 6.92 Å². The van der Waals surface area contributed by atoms with E-state index in [4.69, 9.17) is 4.52 Å². The molecular weight excluding hydrogens is 414 g/mol. The first-order valence-corrected chi connectivity index (χ1v) is 10.9. The van der Waals surface area contributed by atoms with Crippen molar-refractivity contribution in [2.45, 2.75) is 26.7 Å². The second-order valence-electron chi connectivity index (χ2n) is 7.95. The molecule has 0 unspecified atom stereocenters. The van der Waals surface area contributed by atoms with E-state index in [1.807, 2.05) is 79.7 Å². The second kappa shape index (κ2) is 8.70. The van der Waals surface area contributed by atoms with Crippen LogP contribution in [0.5, 0.6) is 0 Å². The highest BCUT2D eigenvalue weighted by molar-refractivity contribution is 6.03. The number of benzene rings is 3. The SMILES string of the molecule is CCCc1c(C(=O)Nc2cccc(C)c2)nnn1-c1ccc2noc(-c3ccccc3)c2c1. The molecule has 2 heterocycles. The van der Waals surface area contributed by atoms with Crippen LogP contribution in [0.1, 0.15) is 35.1 Å². The number of nitrogens with zero attached hydrogens (tertiary/aromatic N) is 4. The van der Waals surface area contributed by atoms with E-state index < -0.39 is 0 Å². The second-order valence-corrected chi connectivity index (χ2v) is 7.95. The van der Waals surface area contributed by atoms with Crippen LogP contribution in [0.2, 0.25) is 0 Å². The predicted molar refractivity (Wildman–Crippen MR) is 127 cm³/mol. The van der Waals surface area contributed by atoms with Gasteiger partial charge in [0.25, 0.3) is 5.91 Å². The van der Waals surface area contributed by atoms with E-state index in [2.05, 4.69) is 27.7 Å². The zero-order valence-electron chi connectivity index (χ0n) is 18.4. The summed E-state index contributed by atoms with van der Waals surface area (Å²) in [6.45, 7) is 4.05. The summed E-state index contributed by atoms with van der Waals surface area (Å²) in [7, 11) is 0. The van der Waals surface area contributed by atoms with Gasteiger partial charge in [-0.3, -0.25) is 4.79 Å². The van der Waals surface area contributed by atoms with Crippen LogP contribution in [-0.4, -0.2) is 26.1 Å². The number of amides is 1. The molecule has 5 rings (SSSR count). The smallest absolute Gasteiger partial charge is 0.278 e. The zero-order chi connectivity index (χ0) is 22.8. The summed E-state index contributed by atoms with van der Waals surface area (Å²) in [4.78, 5) is 13.0. The first kappa shape index (κ1) is 20.6. The summed E-state index contributed by atoms with van der Waals surface area (Å²) in [6.07, 6.45) is 1.51. The van der Waals surface area contributed by atoms with Gasteiger partial charge in [-0.15, -0.1) is 5.10 Å². The lowest BCUT2D eigenvalue weighted by atomic mass is 10.1. The van der Waals surface area contributed by atoms with Gasteiger partial charge in [0, 0.05) is 11.3 Å². The maximum absolute atomic E-state index is 13.0. The third-order valence-electron chi connectivity index (χ3n) is 5.48. The fraction of sp³-hybridized carbons (Fsp3) is 0.154. The van der Waals surface area contributed by atoms with Crippen molar-refractivity contribution in [2.24, 2.45) is 0 Å². The minimum atomic E-state index is -0.272. The van der Waals surface area contributed by atoms with Crippen molar-refractivity contribution in [2.75, 3.05) is 5.32 Å². The van der Waals surface area contributed by atoms with Crippen molar-refractivity contribution in [3.8, 4) is 17.0 Å². The summed E-state index contributed by atoms with van der Waals surface area (Å²) in [5, 5.41) is 16.6. The van der Waals surface area contributed by atoms with Crippen molar-refractivity contribution in [1.29, 1.82) is 0 Å². The van der Waals surface area contributed by atoms with Crippen molar-refractivity contribution < 1.29 is 9.32 Å². The average molecular weight is 438 g/mol. The molecule has 0 saturated heterocycles. The van der Waals surface area contributed by atoms with Crippen LogP contribution in [0.15, 0.2) is 77.3 Å². The number of hydrogen-bond donors (Lipinski definition) is 1. The number of carbonyl (C=O) groups excluding carboxylic acids is 1. The van der Waals surface area contributed by atoms with E-state index in [1.54, 1.807) is 4.68 Å². The largest absolute Gasteiger partial charge is 0.355 e. The Kier molecular flexibility index (Phi) is 5.44. The molecule has 0 aliphatic rings. The van der Waals surface area contributed by atoms with E-state index in [1.165, 1.54) is 0 Å². The summed E-state index contributed by atoms with van der Waals surface area (Å²) in [5.41, 5.74) is 5.40. The molecule has 7 heteroatoms. The summed E-state index contributed by atoms with van der Waals surface area (Å²) in [5.74, 6) is 0.424. The quantitative estimate of drug-likeness (QED) is 0.374. The molecule has 33 heavy (non-hydrogen) atoms. The molecule has 0 saturated carbocycles. The van der Waals surface area contributed by atoms with Gasteiger partial charge in [0.05, 0.1) is 16.8 Å². The molecule has 1 amide bonds. The fourth-order valence-corrected chi connectivity index (χ4v) is 3.92. The van der Waals surface area contributed by atoms with Crippen LogP contribution >= 0.6 is 0 Å². The predicted octanol–water partition coefficient (Wildman–Crippen LogP) is 5.59. The number of hydrogen-bond acceptors (Lipinski definition) is 5. The Morgan fingerprint density at radius 3 is 2.67 bits per heavy atom. The van der Waals surface area contributed by atoms with Gasteiger partial charge in [-0.2, -0.15) is 0 Å². The first-order chi connectivity index (χ1) is 16.1. The highest BCUT2D eigenvalue weighted by Crippen LogP contribution is 2.30. The fourth-order valence-electron chi connectivity index (χ4n) is 3.92. The molecule has 0 fully saturated rings. The monoisotopic (exact) mass is 437 g/mol. The van der Waals surface area contributed by atoms with E-state index in [-0.39, 0.29) is 5.91 Å². The molecule has 0 radical (unpaired) electrons. The molecule has 7 nitrogen and oxygen atoms in total. The van der Waals surface area contributed by atoms with Gasteiger partial charge in [-0.05, 0) is 49.2 Å². The van der Waals surface area contributed by atoms with E-state index in [0.717, 1.165) is 45.5 Å². The molecule has 164 valence electrons. The van der Waals surface area contributed by atoms with Gasteiger partial charge >= 0.3 is 0 Å². The molecule has 0 aliphatic heterocycles. The number of fused-ring (bicyclic) bond motifs is 1. The normalized spacial score (nSPS) is 11.1. The Labute approximate surface area is 191 Å². The Morgan fingerprint density at radius 2 is 1.88 bits per heavy atom. The van der Waals surface area contributed by atoms with Gasteiger partial charge in [-0.25, -0.2) is 4.68 Å². The van der Waals surface area contributed by atoms with Gasteiger partial charge in [0.15, 0.2) is 11.5 Å². The lowest BCUT2D eigenvalue weighted by molar-refractivity contribution is 0.102. The van der Waals surface area contributed by atoms with Crippen LogP contribution in [-0.2, 0) is 6.42 Å².